The number of amides is 1. The zero-order valence-corrected chi connectivity index (χ0v) is 20.0. The van der Waals surface area contributed by atoms with Crippen LogP contribution in [-0.2, 0) is 16.0 Å². The van der Waals surface area contributed by atoms with Crippen molar-refractivity contribution in [3.05, 3.63) is 41.7 Å². The summed E-state index contributed by atoms with van der Waals surface area (Å²) in [6, 6.07) is 7.07. The molecular formula is C24H31N5O5. The van der Waals surface area contributed by atoms with Gasteiger partial charge in [-0.25, -0.2) is 4.79 Å². The number of nitrogens with zero attached hydrogens (tertiary/aromatic N) is 4. The SMILES string of the molecule is CCOC(=O)c1noc([C@@H](NC(=O)c2nn(CC3CCOCC3)c3ccccc23)C(C)(C)C)n1. The number of carbonyl (C=O) groups is 2. The summed E-state index contributed by atoms with van der Waals surface area (Å²) < 4.78 is 17.7. The summed E-state index contributed by atoms with van der Waals surface area (Å²) in [7, 11) is 0. The molecule has 0 aliphatic carbocycles. The number of carbonyl (C=O) groups excluding carboxylic acids is 2. The van der Waals surface area contributed by atoms with Crippen molar-refractivity contribution in [2.24, 2.45) is 11.3 Å². The molecule has 3 aromatic rings. The van der Waals surface area contributed by atoms with Crippen LogP contribution in [0.2, 0.25) is 0 Å². The first-order valence-corrected chi connectivity index (χ1v) is 11.6. The van der Waals surface area contributed by atoms with Crippen LogP contribution < -0.4 is 5.32 Å². The number of rotatable bonds is 7. The van der Waals surface area contributed by atoms with Gasteiger partial charge in [0, 0.05) is 25.1 Å². The molecule has 1 fully saturated rings. The molecule has 1 atom stereocenters. The molecule has 1 aliphatic rings. The molecule has 1 saturated heterocycles. The molecule has 10 nitrogen and oxygen atoms in total. The van der Waals surface area contributed by atoms with Gasteiger partial charge in [-0.2, -0.15) is 10.1 Å². The van der Waals surface area contributed by atoms with Crippen LogP contribution in [0.1, 0.15) is 73.6 Å². The molecule has 0 bridgehead atoms. The predicted molar refractivity (Wildman–Crippen MR) is 123 cm³/mol. The van der Waals surface area contributed by atoms with Crippen LogP contribution >= 0.6 is 0 Å². The maximum atomic E-state index is 13.4. The molecular weight excluding hydrogens is 438 g/mol. The lowest BCUT2D eigenvalue weighted by Gasteiger charge is -2.28. The van der Waals surface area contributed by atoms with E-state index in [0.717, 1.165) is 43.5 Å². The summed E-state index contributed by atoms with van der Waals surface area (Å²) in [5.41, 5.74) is 0.769. The second-order valence-electron chi connectivity index (χ2n) is 9.55. The van der Waals surface area contributed by atoms with E-state index >= 15 is 0 Å². The standard InChI is InChI=1S/C24H31N5O5/c1-5-33-23(31)20-26-22(34-28-20)19(24(2,3)4)25-21(30)18-16-8-6-7-9-17(16)29(27-18)14-15-10-12-32-13-11-15/h6-9,15,19H,5,10-14H2,1-4H3,(H,25,30)/t19-/m1/s1. The molecule has 0 spiro atoms. The van der Waals surface area contributed by atoms with Gasteiger partial charge in [0.2, 0.25) is 5.89 Å². The van der Waals surface area contributed by atoms with Crippen molar-refractivity contribution in [1.29, 1.82) is 0 Å². The van der Waals surface area contributed by atoms with Gasteiger partial charge in [0.15, 0.2) is 5.69 Å². The maximum Gasteiger partial charge on any atom is 0.379 e. The summed E-state index contributed by atoms with van der Waals surface area (Å²) in [6.45, 7) is 9.95. The number of hydrogen-bond donors (Lipinski definition) is 1. The van der Waals surface area contributed by atoms with Crippen LogP contribution in [0.25, 0.3) is 10.9 Å². The van der Waals surface area contributed by atoms with Crippen LogP contribution in [0, 0.1) is 11.3 Å². The van der Waals surface area contributed by atoms with Gasteiger partial charge in [-0.3, -0.25) is 9.48 Å². The lowest BCUT2D eigenvalue weighted by atomic mass is 9.86. The van der Waals surface area contributed by atoms with Gasteiger partial charge < -0.3 is 19.3 Å². The van der Waals surface area contributed by atoms with E-state index in [1.807, 2.05) is 49.7 Å². The van der Waals surface area contributed by atoms with Crippen LogP contribution in [-0.4, -0.2) is 51.6 Å². The van der Waals surface area contributed by atoms with Gasteiger partial charge in [-0.1, -0.05) is 39.0 Å². The number of ether oxygens (including phenoxy) is 2. The van der Waals surface area contributed by atoms with Crippen LogP contribution in [0.5, 0.6) is 0 Å². The zero-order chi connectivity index (χ0) is 24.3. The fraction of sp³-hybridized carbons (Fsp3) is 0.542. The van der Waals surface area contributed by atoms with Gasteiger partial charge in [0.1, 0.15) is 6.04 Å². The normalized spacial score (nSPS) is 15.9. The second kappa shape index (κ2) is 9.92. The number of hydrogen-bond acceptors (Lipinski definition) is 8. The van der Waals surface area contributed by atoms with Crippen molar-refractivity contribution in [3.63, 3.8) is 0 Å². The number of nitrogens with one attached hydrogen (secondary N) is 1. The van der Waals surface area contributed by atoms with Crippen molar-refractivity contribution < 1.29 is 23.6 Å². The summed E-state index contributed by atoms with van der Waals surface area (Å²) >= 11 is 0. The number of benzene rings is 1. The Morgan fingerprint density at radius 2 is 1.97 bits per heavy atom. The first kappa shape index (κ1) is 23.9. The monoisotopic (exact) mass is 469 g/mol. The lowest BCUT2D eigenvalue weighted by molar-refractivity contribution is 0.0508. The molecule has 1 N–H and O–H groups in total. The third-order valence-corrected chi connectivity index (χ3v) is 5.93. The van der Waals surface area contributed by atoms with Crippen LogP contribution in [0.15, 0.2) is 28.8 Å². The lowest BCUT2D eigenvalue weighted by Crippen LogP contribution is -2.37. The minimum Gasteiger partial charge on any atom is -0.460 e. The molecule has 0 saturated carbocycles. The molecule has 182 valence electrons. The van der Waals surface area contributed by atoms with Crippen molar-refractivity contribution >= 4 is 22.8 Å². The molecule has 0 unspecified atom stereocenters. The molecule has 3 heterocycles. The average molecular weight is 470 g/mol. The molecule has 4 rings (SSSR count). The Morgan fingerprint density at radius 1 is 1.24 bits per heavy atom. The molecule has 1 aromatic carbocycles. The van der Waals surface area contributed by atoms with Gasteiger partial charge in [-0.05, 0) is 42.3 Å². The summed E-state index contributed by atoms with van der Waals surface area (Å²) in [5, 5.41) is 12.2. The van der Waals surface area contributed by atoms with E-state index in [1.54, 1.807) is 6.92 Å². The van der Waals surface area contributed by atoms with E-state index in [2.05, 4.69) is 15.5 Å². The first-order chi connectivity index (χ1) is 16.3. The molecule has 1 aliphatic heterocycles. The van der Waals surface area contributed by atoms with Crippen LogP contribution in [0.3, 0.4) is 0 Å². The average Bonchev–Trinajstić information content (AvgIpc) is 3.43. The minimum absolute atomic E-state index is 0.134. The Hall–Kier alpha value is -3.27. The maximum absolute atomic E-state index is 13.4. The number of esters is 1. The molecule has 0 radical (unpaired) electrons. The van der Waals surface area contributed by atoms with E-state index < -0.39 is 17.4 Å². The highest BCUT2D eigenvalue weighted by Crippen LogP contribution is 2.33. The number of aromatic nitrogens is 4. The Labute approximate surface area is 198 Å². The van der Waals surface area contributed by atoms with E-state index in [0.29, 0.717) is 11.6 Å². The highest BCUT2D eigenvalue weighted by Gasteiger charge is 2.35. The largest absolute Gasteiger partial charge is 0.460 e. The highest BCUT2D eigenvalue weighted by molar-refractivity contribution is 6.05. The van der Waals surface area contributed by atoms with Gasteiger partial charge in [0.05, 0.1) is 12.1 Å². The quantitative estimate of drug-likeness (QED) is 0.522. The molecule has 2 aromatic heterocycles. The van der Waals surface area contributed by atoms with Crippen molar-refractivity contribution in [3.8, 4) is 0 Å². The number of fused-ring (bicyclic) bond motifs is 1. The first-order valence-electron chi connectivity index (χ1n) is 11.6. The summed E-state index contributed by atoms with van der Waals surface area (Å²) in [5.74, 6) is -0.608. The van der Waals surface area contributed by atoms with E-state index in [-0.39, 0.29) is 24.2 Å². The third kappa shape index (κ3) is 5.11. The Morgan fingerprint density at radius 3 is 2.68 bits per heavy atom. The minimum atomic E-state index is -0.672. The number of para-hydroxylation sites is 1. The Kier molecular flexibility index (Phi) is 6.97. The summed E-state index contributed by atoms with van der Waals surface area (Å²) in [4.78, 5) is 29.6. The topological polar surface area (TPSA) is 121 Å². The van der Waals surface area contributed by atoms with Gasteiger partial charge in [0.25, 0.3) is 11.7 Å². The van der Waals surface area contributed by atoms with Gasteiger partial charge in [-0.15, -0.1) is 0 Å². The van der Waals surface area contributed by atoms with E-state index in [9.17, 15) is 9.59 Å². The van der Waals surface area contributed by atoms with Crippen LogP contribution in [0.4, 0.5) is 0 Å². The van der Waals surface area contributed by atoms with E-state index in [1.165, 1.54) is 0 Å². The highest BCUT2D eigenvalue weighted by atomic mass is 16.5. The fourth-order valence-electron chi connectivity index (χ4n) is 4.09. The predicted octanol–water partition coefficient (Wildman–Crippen LogP) is 3.54. The van der Waals surface area contributed by atoms with Crippen molar-refractivity contribution in [2.75, 3.05) is 19.8 Å². The molecule has 10 heteroatoms. The molecule has 1 amide bonds. The second-order valence-corrected chi connectivity index (χ2v) is 9.55. The van der Waals surface area contributed by atoms with Crippen molar-refractivity contribution in [1.82, 2.24) is 25.2 Å². The Balaban J connectivity index is 1.61. The smallest absolute Gasteiger partial charge is 0.379 e. The van der Waals surface area contributed by atoms with Crippen molar-refractivity contribution in [2.45, 2.75) is 53.1 Å². The third-order valence-electron chi connectivity index (χ3n) is 5.93. The zero-order valence-electron chi connectivity index (χ0n) is 20.0. The van der Waals surface area contributed by atoms with E-state index in [4.69, 9.17) is 19.1 Å². The molecule has 34 heavy (non-hydrogen) atoms. The Bertz CT molecular complexity index is 1160. The fourth-order valence-corrected chi connectivity index (χ4v) is 4.09. The van der Waals surface area contributed by atoms with Gasteiger partial charge >= 0.3 is 5.97 Å². The summed E-state index contributed by atoms with van der Waals surface area (Å²) in [6.07, 6.45) is 1.95.